The maximum absolute atomic E-state index is 10.3. The number of ketones is 2. The van der Waals surface area contributed by atoms with Gasteiger partial charge in [0.2, 0.25) is 0 Å². The molecule has 0 fully saturated rings. The second-order valence-electron chi connectivity index (χ2n) is 1.47. The van der Waals surface area contributed by atoms with Gasteiger partial charge in [0.15, 0.2) is 11.6 Å². The van der Waals surface area contributed by atoms with E-state index in [4.69, 9.17) is 0 Å². The van der Waals surface area contributed by atoms with E-state index in [2.05, 4.69) is 0 Å². The SMILES string of the molecule is O=C1C=CC(=O)C=C1.[LiH].[LiH]. The second-order valence-corrected chi connectivity index (χ2v) is 1.47. The van der Waals surface area contributed by atoms with Crippen molar-refractivity contribution in [1.29, 1.82) is 0 Å². The van der Waals surface area contributed by atoms with Gasteiger partial charge < -0.3 is 0 Å². The molecule has 1 rings (SSSR count). The second kappa shape index (κ2) is 5.77. The third-order valence-corrected chi connectivity index (χ3v) is 0.824. The van der Waals surface area contributed by atoms with Crippen LogP contribution in [0.5, 0.6) is 0 Å². The summed E-state index contributed by atoms with van der Waals surface area (Å²) in [7, 11) is 0. The molecule has 0 amide bonds. The van der Waals surface area contributed by atoms with E-state index in [9.17, 15) is 9.59 Å². The van der Waals surface area contributed by atoms with Gasteiger partial charge in [-0.05, 0) is 24.3 Å². The first-order chi connectivity index (χ1) is 3.79. The molecular formula is C6H6Li2O2. The van der Waals surface area contributed by atoms with E-state index in [0.717, 1.165) is 0 Å². The van der Waals surface area contributed by atoms with Crippen LogP contribution in [0, 0.1) is 0 Å². The van der Waals surface area contributed by atoms with Gasteiger partial charge in [-0.3, -0.25) is 9.59 Å². The van der Waals surface area contributed by atoms with Crippen molar-refractivity contribution in [3.63, 3.8) is 0 Å². The zero-order valence-electron chi connectivity index (χ0n) is 4.13. The Morgan fingerprint density at radius 1 is 0.700 bits per heavy atom. The Labute approximate surface area is 83.1 Å². The van der Waals surface area contributed by atoms with Crippen LogP contribution in [-0.4, -0.2) is 49.3 Å². The molecule has 0 aromatic rings. The van der Waals surface area contributed by atoms with E-state index in [1.165, 1.54) is 24.3 Å². The summed E-state index contributed by atoms with van der Waals surface area (Å²) in [5.74, 6) is -0.241. The molecule has 0 spiro atoms. The summed E-state index contributed by atoms with van der Waals surface area (Å²) < 4.78 is 0. The Morgan fingerprint density at radius 2 is 0.900 bits per heavy atom. The molecule has 0 saturated carbocycles. The molecule has 1 aliphatic rings. The van der Waals surface area contributed by atoms with Crippen LogP contribution in [0.15, 0.2) is 24.3 Å². The third kappa shape index (κ3) is 3.93. The first-order valence-corrected chi connectivity index (χ1v) is 2.23. The fourth-order valence-electron chi connectivity index (χ4n) is 0.440. The van der Waals surface area contributed by atoms with Gasteiger partial charge in [0.25, 0.3) is 0 Å². The van der Waals surface area contributed by atoms with E-state index >= 15 is 0 Å². The average Bonchev–Trinajstić information content (AvgIpc) is 1.77. The molecule has 0 N–H and O–H groups in total. The molecule has 4 heteroatoms. The predicted molar refractivity (Wildman–Crippen MR) is 42.6 cm³/mol. The van der Waals surface area contributed by atoms with E-state index in [1.807, 2.05) is 0 Å². The topological polar surface area (TPSA) is 34.1 Å². The summed E-state index contributed by atoms with van der Waals surface area (Å²) in [6.07, 6.45) is 5.01. The molecule has 0 aliphatic heterocycles. The van der Waals surface area contributed by atoms with Gasteiger partial charge in [-0.15, -0.1) is 0 Å². The van der Waals surface area contributed by atoms with Gasteiger partial charge >= 0.3 is 37.7 Å². The van der Waals surface area contributed by atoms with Gasteiger partial charge in [0.1, 0.15) is 0 Å². The molecule has 0 heterocycles. The Balaban J connectivity index is 0. The van der Waals surface area contributed by atoms with E-state index < -0.39 is 0 Å². The van der Waals surface area contributed by atoms with Crippen LogP contribution in [0.4, 0.5) is 0 Å². The van der Waals surface area contributed by atoms with Crippen LogP contribution < -0.4 is 0 Å². The molecule has 0 aromatic carbocycles. The fourth-order valence-corrected chi connectivity index (χ4v) is 0.440. The van der Waals surface area contributed by atoms with E-state index in [-0.39, 0.29) is 49.3 Å². The molecular weight excluding hydrogens is 118 g/mol. The van der Waals surface area contributed by atoms with Crippen LogP contribution in [0.25, 0.3) is 0 Å². The van der Waals surface area contributed by atoms with Crippen molar-refractivity contribution in [2.75, 3.05) is 0 Å². The van der Waals surface area contributed by atoms with Crippen molar-refractivity contribution in [2.45, 2.75) is 0 Å². The first-order valence-electron chi connectivity index (χ1n) is 2.23. The normalized spacial score (nSPS) is 14.0. The standard InChI is InChI=1S/C6H4O2.2Li.2H/c7-5-1-2-6(8)4-3-5;;;;/h1-4H;;;;. The first kappa shape index (κ1) is 12.7. The summed E-state index contributed by atoms with van der Waals surface area (Å²) in [5.41, 5.74) is 0. The van der Waals surface area contributed by atoms with E-state index in [0.29, 0.717) is 0 Å². The molecule has 0 saturated heterocycles. The number of hydrogen-bond acceptors (Lipinski definition) is 2. The van der Waals surface area contributed by atoms with Crippen LogP contribution in [0.3, 0.4) is 0 Å². The zero-order chi connectivity index (χ0) is 5.98. The summed E-state index contributed by atoms with van der Waals surface area (Å²) in [4.78, 5) is 20.6. The summed E-state index contributed by atoms with van der Waals surface area (Å²) in [6, 6.07) is 0. The fraction of sp³-hybridized carbons (Fsp3) is 0. The molecule has 0 aromatic heterocycles. The quantitative estimate of drug-likeness (QED) is 0.305. The average molecular weight is 124 g/mol. The van der Waals surface area contributed by atoms with Gasteiger partial charge in [-0.1, -0.05) is 0 Å². The van der Waals surface area contributed by atoms with Gasteiger partial charge in [0, 0.05) is 0 Å². The third-order valence-electron chi connectivity index (χ3n) is 0.824. The number of allylic oxidation sites excluding steroid dienone is 4. The molecule has 2 nitrogen and oxygen atoms in total. The molecule has 44 valence electrons. The zero-order valence-corrected chi connectivity index (χ0v) is 4.13. The summed E-state index contributed by atoms with van der Waals surface area (Å²) in [6.45, 7) is 0. The van der Waals surface area contributed by atoms with Crippen molar-refractivity contribution in [1.82, 2.24) is 0 Å². The Hall–Kier alpha value is 0.0148. The molecule has 0 unspecified atom stereocenters. The van der Waals surface area contributed by atoms with Gasteiger partial charge in [-0.25, -0.2) is 0 Å². The van der Waals surface area contributed by atoms with Gasteiger partial charge in [0.05, 0.1) is 0 Å². The van der Waals surface area contributed by atoms with Crippen molar-refractivity contribution in [3.8, 4) is 0 Å². The number of hydrogen-bond donors (Lipinski definition) is 0. The number of carbonyl (C=O) groups excluding carboxylic acids is 2. The Kier molecular flexibility index (Phi) is 7.32. The minimum absolute atomic E-state index is 0. The molecule has 0 bridgehead atoms. The summed E-state index contributed by atoms with van der Waals surface area (Å²) >= 11 is 0. The monoisotopic (exact) mass is 124 g/mol. The summed E-state index contributed by atoms with van der Waals surface area (Å²) in [5, 5.41) is 0. The minimum atomic E-state index is -0.121. The molecule has 10 heavy (non-hydrogen) atoms. The Bertz CT molecular complexity index is 156. The van der Waals surface area contributed by atoms with E-state index in [1.54, 1.807) is 0 Å². The van der Waals surface area contributed by atoms with Crippen LogP contribution in [0.1, 0.15) is 0 Å². The van der Waals surface area contributed by atoms with Crippen molar-refractivity contribution < 1.29 is 9.59 Å². The van der Waals surface area contributed by atoms with Crippen molar-refractivity contribution >= 4 is 49.3 Å². The van der Waals surface area contributed by atoms with Crippen LogP contribution in [0.2, 0.25) is 0 Å². The molecule has 0 radical (unpaired) electrons. The number of rotatable bonds is 0. The predicted octanol–water partition coefficient (Wildman–Crippen LogP) is -1.05. The molecule has 0 atom stereocenters. The number of carbonyl (C=O) groups is 2. The maximum atomic E-state index is 10.3. The van der Waals surface area contributed by atoms with Crippen molar-refractivity contribution in [3.05, 3.63) is 24.3 Å². The van der Waals surface area contributed by atoms with Gasteiger partial charge in [-0.2, -0.15) is 0 Å². The van der Waals surface area contributed by atoms with Crippen molar-refractivity contribution in [2.24, 2.45) is 0 Å². The van der Waals surface area contributed by atoms with Crippen LogP contribution in [-0.2, 0) is 9.59 Å². The van der Waals surface area contributed by atoms with Crippen LogP contribution >= 0.6 is 0 Å². The molecule has 1 aliphatic carbocycles. The Morgan fingerprint density at radius 3 is 1.10 bits per heavy atom.